The highest BCUT2D eigenvalue weighted by molar-refractivity contribution is 7.91. The molecule has 1 aromatic carbocycles. The zero-order chi connectivity index (χ0) is 16.4. The summed E-state index contributed by atoms with van der Waals surface area (Å²) >= 11 is 7.09. The summed E-state index contributed by atoms with van der Waals surface area (Å²) in [6.07, 6.45) is 0.414. The monoisotopic (exact) mass is 369 g/mol. The Morgan fingerprint density at radius 2 is 1.87 bits per heavy atom. The molecule has 1 fully saturated rings. The van der Waals surface area contributed by atoms with Gasteiger partial charge in [0, 0.05) is 13.1 Å². The number of amides is 1. The van der Waals surface area contributed by atoms with E-state index in [1.807, 2.05) is 30.3 Å². The van der Waals surface area contributed by atoms with Crippen molar-refractivity contribution in [3.63, 3.8) is 0 Å². The molecule has 1 atom stereocenters. The number of rotatable bonds is 2. The van der Waals surface area contributed by atoms with E-state index < -0.39 is 15.1 Å². The lowest BCUT2D eigenvalue weighted by molar-refractivity contribution is 0.0771. The molecule has 122 valence electrons. The number of benzene rings is 1. The summed E-state index contributed by atoms with van der Waals surface area (Å²) in [5.41, 5.74) is 0.793. The van der Waals surface area contributed by atoms with Gasteiger partial charge in [-0.3, -0.25) is 4.79 Å². The maximum Gasteiger partial charge on any atom is 0.264 e. The number of halogens is 1. The molecule has 23 heavy (non-hydrogen) atoms. The Morgan fingerprint density at radius 3 is 2.52 bits per heavy atom. The maximum atomic E-state index is 12.6. The summed E-state index contributed by atoms with van der Waals surface area (Å²) < 4.78 is 25.7. The van der Waals surface area contributed by atoms with E-state index in [1.54, 1.807) is 17.0 Å². The molecule has 2 heterocycles. The molecule has 7 heteroatoms. The highest BCUT2D eigenvalue weighted by Gasteiger charge is 2.33. The second-order valence-corrected chi connectivity index (χ2v) is 9.47. The highest BCUT2D eigenvalue weighted by atomic mass is 35.5. The van der Waals surface area contributed by atoms with Crippen LogP contribution in [0.25, 0.3) is 0 Å². The van der Waals surface area contributed by atoms with Crippen LogP contribution < -0.4 is 0 Å². The van der Waals surface area contributed by atoms with Crippen molar-refractivity contribution in [1.82, 2.24) is 4.90 Å². The Bertz CT molecular complexity index is 802. The van der Waals surface area contributed by atoms with Crippen LogP contribution in [0, 0.1) is 0 Å². The van der Waals surface area contributed by atoms with Crippen molar-refractivity contribution in [3.8, 4) is 0 Å². The van der Waals surface area contributed by atoms with Crippen LogP contribution in [0.2, 0.25) is 4.34 Å². The zero-order valence-corrected chi connectivity index (χ0v) is 14.7. The zero-order valence-electron chi connectivity index (χ0n) is 12.3. The van der Waals surface area contributed by atoms with Crippen LogP contribution in [-0.4, -0.2) is 38.1 Å². The van der Waals surface area contributed by atoms with Gasteiger partial charge in [-0.2, -0.15) is 0 Å². The Morgan fingerprint density at radius 1 is 1.13 bits per heavy atom. The van der Waals surface area contributed by atoms with Gasteiger partial charge in [0.2, 0.25) is 0 Å². The lowest BCUT2D eigenvalue weighted by Crippen LogP contribution is -2.33. The van der Waals surface area contributed by atoms with Crippen molar-refractivity contribution in [2.45, 2.75) is 11.7 Å². The minimum absolute atomic E-state index is 0.0165. The van der Waals surface area contributed by atoms with Gasteiger partial charge in [0.25, 0.3) is 5.91 Å². The van der Waals surface area contributed by atoms with Crippen LogP contribution in [0.1, 0.15) is 26.9 Å². The molecule has 1 amide bonds. The lowest BCUT2D eigenvalue weighted by atomic mass is 10.1. The van der Waals surface area contributed by atoms with Crippen LogP contribution in [0.3, 0.4) is 0 Å². The molecule has 0 N–H and O–H groups in total. The van der Waals surface area contributed by atoms with Crippen molar-refractivity contribution in [2.24, 2.45) is 0 Å². The number of sulfone groups is 1. The first-order valence-electron chi connectivity index (χ1n) is 7.28. The summed E-state index contributed by atoms with van der Waals surface area (Å²) in [5.74, 6) is -0.164. The Kier molecular flexibility index (Phi) is 4.75. The number of thiophene rings is 1. The van der Waals surface area contributed by atoms with E-state index in [4.69, 9.17) is 11.6 Å². The molecule has 1 aromatic heterocycles. The fourth-order valence-electron chi connectivity index (χ4n) is 2.77. The van der Waals surface area contributed by atoms with Gasteiger partial charge >= 0.3 is 0 Å². The molecule has 1 aliphatic rings. The molecule has 1 saturated heterocycles. The Balaban J connectivity index is 1.81. The molecule has 0 aliphatic carbocycles. The van der Waals surface area contributed by atoms with E-state index in [0.717, 1.165) is 5.56 Å². The fraction of sp³-hybridized carbons (Fsp3) is 0.312. The molecule has 1 aliphatic heterocycles. The van der Waals surface area contributed by atoms with Gasteiger partial charge in [-0.1, -0.05) is 41.9 Å². The number of carbonyl (C=O) groups is 1. The van der Waals surface area contributed by atoms with Crippen LogP contribution >= 0.6 is 22.9 Å². The molecule has 0 bridgehead atoms. The lowest BCUT2D eigenvalue weighted by Gasteiger charge is -2.19. The molecule has 0 radical (unpaired) electrons. The van der Waals surface area contributed by atoms with Crippen LogP contribution in [-0.2, 0) is 9.84 Å². The van der Waals surface area contributed by atoms with E-state index in [0.29, 0.717) is 22.2 Å². The third-order valence-electron chi connectivity index (χ3n) is 3.98. The standard InChI is InChI=1S/C16H16ClNO3S2/c17-15-7-6-13(22-15)16(19)18-9-8-14(23(20,21)11-10-18)12-4-2-1-3-5-12/h1-7,14H,8-11H2. The quantitative estimate of drug-likeness (QED) is 0.815. The summed E-state index contributed by atoms with van der Waals surface area (Å²) in [6.45, 7) is 0.646. The second kappa shape index (κ2) is 6.63. The molecule has 4 nitrogen and oxygen atoms in total. The first kappa shape index (κ1) is 16.5. The Hall–Kier alpha value is -1.37. The average molecular weight is 370 g/mol. The number of hydrogen-bond donors (Lipinski definition) is 0. The van der Waals surface area contributed by atoms with E-state index in [1.165, 1.54) is 11.3 Å². The SMILES string of the molecule is O=C(c1ccc(Cl)s1)N1CCC(c2ccccc2)S(=O)(=O)CC1. The third-order valence-corrected chi connectivity index (χ3v) is 7.33. The number of carbonyl (C=O) groups excluding carboxylic acids is 1. The largest absolute Gasteiger partial charge is 0.337 e. The predicted octanol–water partition coefficient (Wildman–Crippen LogP) is 3.40. The van der Waals surface area contributed by atoms with E-state index in [2.05, 4.69) is 0 Å². The van der Waals surface area contributed by atoms with Gasteiger partial charge in [-0.25, -0.2) is 8.42 Å². The topological polar surface area (TPSA) is 54.5 Å². The summed E-state index contributed by atoms with van der Waals surface area (Å²) in [4.78, 5) is 14.7. The van der Waals surface area contributed by atoms with E-state index >= 15 is 0 Å². The van der Waals surface area contributed by atoms with Crippen molar-refractivity contribution < 1.29 is 13.2 Å². The van der Waals surface area contributed by atoms with Gasteiger partial charge in [0.05, 0.1) is 20.2 Å². The third kappa shape index (κ3) is 3.59. The van der Waals surface area contributed by atoms with Crippen molar-refractivity contribution in [2.75, 3.05) is 18.8 Å². The molecule has 0 saturated carbocycles. The normalized spacial score (nSPS) is 20.9. The molecular formula is C16H16ClNO3S2. The molecule has 1 unspecified atom stereocenters. The summed E-state index contributed by atoms with van der Waals surface area (Å²) in [6, 6.07) is 12.6. The number of hydrogen-bond acceptors (Lipinski definition) is 4. The van der Waals surface area contributed by atoms with Crippen molar-refractivity contribution >= 4 is 38.7 Å². The highest BCUT2D eigenvalue weighted by Crippen LogP contribution is 2.30. The van der Waals surface area contributed by atoms with Crippen LogP contribution in [0.4, 0.5) is 0 Å². The minimum Gasteiger partial charge on any atom is -0.337 e. The van der Waals surface area contributed by atoms with Crippen LogP contribution in [0.15, 0.2) is 42.5 Å². The van der Waals surface area contributed by atoms with Crippen molar-refractivity contribution in [1.29, 1.82) is 0 Å². The Labute approximate surface area is 144 Å². The predicted molar refractivity (Wildman–Crippen MR) is 92.8 cm³/mol. The fourth-order valence-corrected chi connectivity index (χ4v) is 5.58. The molecular weight excluding hydrogens is 354 g/mol. The smallest absolute Gasteiger partial charge is 0.264 e. The first-order chi connectivity index (χ1) is 11.0. The number of nitrogens with zero attached hydrogens (tertiary/aromatic N) is 1. The van der Waals surface area contributed by atoms with Gasteiger partial charge in [0.1, 0.15) is 0 Å². The molecule has 2 aromatic rings. The second-order valence-electron chi connectivity index (χ2n) is 5.45. The minimum atomic E-state index is -3.27. The van der Waals surface area contributed by atoms with E-state index in [-0.39, 0.29) is 18.2 Å². The van der Waals surface area contributed by atoms with E-state index in [9.17, 15) is 13.2 Å². The summed E-state index contributed by atoms with van der Waals surface area (Å²) in [5, 5.41) is -0.548. The van der Waals surface area contributed by atoms with Gasteiger partial charge in [-0.15, -0.1) is 11.3 Å². The van der Waals surface area contributed by atoms with Crippen molar-refractivity contribution in [3.05, 3.63) is 57.2 Å². The maximum absolute atomic E-state index is 12.6. The average Bonchev–Trinajstić information content (AvgIpc) is 2.90. The molecule has 3 rings (SSSR count). The van der Waals surface area contributed by atoms with Crippen LogP contribution in [0.5, 0.6) is 0 Å². The van der Waals surface area contributed by atoms with Gasteiger partial charge in [-0.05, 0) is 24.1 Å². The van der Waals surface area contributed by atoms with Gasteiger partial charge < -0.3 is 4.90 Å². The first-order valence-corrected chi connectivity index (χ1v) is 10.2. The van der Waals surface area contributed by atoms with Gasteiger partial charge in [0.15, 0.2) is 9.84 Å². The molecule has 0 spiro atoms. The summed E-state index contributed by atoms with van der Waals surface area (Å²) in [7, 11) is -3.27.